The van der Waals surface area contributed by atoms with Crippen molar-refractivity contribution in [3.05, 3.63) is 46.0 Å². The standard InChI is InChI=1S/C10H8ClN3O/c1-14-5-4-7(6-10(14)15)8-2-3-9(11)13-12-8/h2-6H,1H3. The van der Waals surface area contributed by atoms with Crippen LogP contribution >= 0.6 is 11.6 Å². The van der Waals surface area contributed by atoms with Gasteiger partial charge in [-0.15, -0.1) is 10.2 Å². The Balaban J connectivity index is 2.50. The molecule has 0 N–H and O–H groups in total. The van der Waals surface area contributed by atoms with Crippen molar-refractivity contribution in [1.82, 2.24) is 14.8 Å². The molecule has 0 saturated carbocycles. The summed E-state index contributed by atoms with van der Waals surface area (Å²) in [6, 6.07) is 6.68. The van der Waals surface area contributed by atoms with Crippen LogP contribution in [0, 0.1) is 0 Å². The Morgan fingerprint density at radius 3 is 2.67 bits per heavy atom. The van der Waals surface area contributed by atoms with Crippen molar-refractivity contribution in [2.24, 2.45) is 7.05 Å². The van der Waals surface area contributed by atoms with Crippen LogP contribution in [0.25, 0.3) is 11.3 Å². The summed E-state index contributed by atoms with van der Waals surface area (Å²) >= 11 is 5.62. The van der Waals surface area contributed by atoms with Crippen LogP contribution in [0.1, 0.15) is 0 Å². The Labute approximate surface area is 91.2 Å². The molecule has 2 aromatic rings. The SMILES string of the molecule is Cn1ccc(-c2ccc(Cl)nn2)cc1=O. The van der Waals surface area contributed by atoms with Crippen LogP contribution < -0.4 is 5.56 Å². The van der Waals surface area contributed by atoms with E-state index in [-0.39, 0.29) is 5.56 Å². The highest BCUT2D eigenvalue weighted by molar-refractivity contribution is 6.29. The highest BCUT2D eigenvalue weighted by Crippen LogP contribution is 2.14. The van der Waals surface area contributed by atoms with Crippen molar-refractivity contribution >= 4 is 11.6 Å². The van der Waals surface area contributed by atoms with Gasteiger partial charge in [0.05, 0.1) is 5.69 Å². The van der Waals surface area contributed by atoms with Crippen LogP contribution in [0.4, 0.5) is 0 Å². The fourth-order valence-corrected chi connectivity index (χ4v) is 1.28. The van der Waals surface area contributed by atoms with Gasteiger partial charge in [0.2, 0.25) is 0 Å². The first-order valence-electron chi connectivity index (χ1n) is 4.33. The first kappa shape index (κ1) is 9.86. The second kappa shape index (κ2) is 3.82. The van der Waals surface area contributed by atoms with Gasteiger partial charge in [0.15, 0.2) is 5.15 Å². The largest absolute Gasteiger partial charge is 0.319 e. The van der Waals surface area contributed by atoms with Gasteiger partial charge in [-0.25, -0.2) is 0 Å². The lowest BCUT2D eigenvalue weighted by molar-refractivity contribution is 0.860. The van der Waals surface area contributed by atoms with Gasteiger partial charge in [-0.05, 0) is 18.2 Å². The molecule has 5 heteroatoms. The average Bonchev–Trinajstić information content (AvgIpc) is 2.23. The second-order valence-electron chi connectivity index (χ2n) is 3.11. The highest BCUT2D eigenvalue weighted by atomic mass is 35.5. The third kappa shape index (κ3) is 2.05. The van der Waals surface area contributed by atoms with Crippen molar-refractivity contribution in [3.63, 3.8) is 0 Å². The molecule has 0 radical (unpaired) electrons. The molecule has 0 aliphatic rings. The van der Waals surface area contributed by atoms with Gasteiger partial charge in [-0.3, -0.25) is 4.79 Å². The Bertz CT molecular complexity index is 533. The van der Waals surface area contributed by atoms with E-state index in [2.05, 4.69) is 10.2 Å². The normalized spacial score (nSPS) is 10.3. The van der Waals surface area contributed by atoms with Crippen LogP contribution in [0.2, 0.25) is 5.15 Å². The molecule has 0 spiro atoms. The van der Waals surface area contributed by atoms with Crippen molar-refractivity contribution in [1.29, 1.82) is 0 Å². The molecule has 0 atom stereocenters. The summed E-state index contributed by atoms with van der Waals surface area (Å²) in [6.07, 6.45) is 1.69. The molecule has 0 aliphatic heterocycles. The van der Waals surface area contributed by atoms with Gasteiger partial charge < -0.3 is 4.57 Å². The van der Waals surface area contributed by atoms with Crippen LogP contribution in [0.15, 0.2) is 35.3 Å². The molecule has 0 aliphatic carbocycles. The topological polar surface area (TPSA) is 47.8 Å². The molecule has 2 heterocycles. The number of rotatable bonds is 1. The molecule has 15 heavy (non-hydrogen) atoms. The predicted molar refractivity (Wildman–Crippen MR) is 57.7 cm³/mol. The third-order valence-corrected chi connectivity index (χ3v) is 2.23. The van der Waals surface area contributed by atoms with E-state index >= 15 is 0 Å². The Hall–Kier alpha value is -1.68. The number of aryl methyl sites for hydroxylation is 1. The van der Waals surface area contributed by atoms with Crippen LogP contribution in [0.3, 0.4) is 0 Å². The van der Waals surface area contributed by atoms with Crippen molar-refractivity contribution in [2.75, 3.05) is 0 Å². The van der Waals surface area contributed by atoms with Gasteiger partial charge >= 0.3 is 0 Å². The molecular formula is C10H8ClN3O. The maximum absolute atomic E-state index is 11.4. The molecule has 0 aromatic carbocycles. The van der Waals surface area contributed by atoms with Gasteiger partial charge in [0, 0.05) is 24.9 Å². The van der Waals surface area contributed by atoms with Crippen molar-refractivity contribution < 1.29 is 0 Å². The Morgan fingerprint density at radius 1 is 1.27 bits per heavy atom. The second-order valence-corrected chi connectivity index (χ2v) is 3.49. The number of aromatic nitrogens is 3. The molecule has 2 rings (SSSR count). The van der Waals surface area contributed by atoms with E-state index in [1.54, 1.807) is 31.4 Å². The molecule has 0 bridgehead atoms. The highest BCUT2D eigenvalue weighted by Gasteiger charge is 2.01. The first-order valence-corrected chi connectivity index (χ1v) is 4.71. The van der Waals surface area contributed by atoms with Crippen LogP contribution in [0.5, 0.6) is 0 Å². The molecule has 0 unspecified atom stereocenters. The number of hydrogen-bond donors (Lipinski definition) is 0. The van der Waals surface area contributed by atoms with Gasteiger partial charge in [0.25, 0.3) is 5.56 Å². The lowest BCUT2D eigenvalue weighted by atomic mass is 10.2. The number of pyridine rings is 1. The number of halogens is 1. The predicted octanol–water partition coefficient (Wildman–Crippen LogP) is 1.50. The first-order chi connectivity index (χ1) is 7.16. The summed E-state index contributed by atoms with van der Waals surface area (Å²) in [5, 5.41) is 7.94. The summed E-state index contributed by atoms with van der Waals surface area (Å²) < 4.78 is 1.49. The average molecular weight is 222 g/mol. The van der Waals surface area contributed by atoms with Crippen molar-refractivity contribution in [2.45, 2.75) is 0 Å². The number of hydrogen-bond acceptors (Lipinski definition) is 3. The van der Waals surface area contributed by atoms with E-state index in [1.807, 2.05) is 0 Å². The minimum atomic E-state index is -0.0794. The zero-order valence-corrected chi connectivity index (χ0v) is 8.77. The van der Waals surface area contributed by atoms with Gasteiger partial charge in [0.1, 0.15) is 0 Å². The number of nitrogens with zero attached hydrogens (tertiary/aromatic N) is 3. The Morgan fingerprint density at radius 2 is 2.07 bits per heavy atom. The van der Waals surface area contributed by atoms with E-state index in [0.29, 0.717) is 10.8 Å². The molecule has 0 saturated heterocycles. The summed E-state index contributed by atoms with van der Waals surface area (Å²) in [4.78, 5) is 11.4. The lowest BCUT2D eigenvalue weighted by Gasteiger charge is -2.00. The fraction of sp³-hybridized carbons (Fsp3) is 0.100. The maximum atomic E-state index is 11.4. The molecular weight excluding hydrogens is 214 g/mol. The summed E-state index contributed by atoms with van der Waals surface area (Å²) in [7, 11) is 1.69. The summed E-state index contributed by atoms with van der Waals surface area (Å²) in [5.74, 6) is 0. The minimum absolute atomic E-state index is 0.0794. The fourth-order valence-electron chi connectivity index (χ4n) is 1.18. The summed E-state index contributed by atoms with van der Waals surface area (Å²) in [5.41, 5.74) is 1.30. The van der Waals surface area contributed by atoms with E-state index < -0.39 is 0 Å². The summed E-state index contributed by atoms with van der Waals surface area (Å²) in [6.45, 7) is 0. The molecule has 4 nitrogen and oxygen atoms in total. The van der Waals surface area contributed by atoms with Gasteiger partial charge in [-0.2, -0.15) is 0 Å². The van der Waals surface area contributed by atoms with E-state index in [1.165, 1.54) is 10.6 Å². The minimum Gasteiger partial charge on any atom is -0.319 e. The molecule has 76 valence electrons. The quantitative estimate of drug-likeness (QED) is 0.733. The van der Waals surface area contributed by atoms with E-state index in [9.17, 15) is 4.79 Å². The van der Waals surface area contributed by atoms with Gasteiger partial charge in [-0.1, -0.05) is 11.6 Å². The van der Waals surface area contributed by atoms with E-state index in [4.69, 9.17) is 11.6 Å². The van der Waals surface area contributed by atoms with Crippen LogP contribution in [-0.4, -0.2) is 14.8 Å². The molecule has 0 fully saturated rings. The van der Waals surface area contributed by atoms with E-state index in [0.717, 1.165) is 5.56 Å². The third-order valence-electron chi connectivity index (χ3n) is 2.03. The van der Waals surface area contributed by atoms with Crippen LogP contribution in [-0.2, 0) is 7.05 Å². The smallest absolute Gasteiger partial charge is 0.250 e. The Kier molecular flexibility index (Phi) is 2.51. The maximum Gasteiger partial charge on any atom is 0.250 e. The van der Waals surface area contributed by atoms with Crippen molar-refractivity contribution in [3.8, 4) is 11.3 Å². The zero-order valence-electron chi connectivity index (χ0n) is 8.01. The lowest BCUT2D eigenvalue weighted by Crippen LogP contribution is -2.14. The monoisotopic (exact) mass is 221 g/mol. The molecule has 0 amide bonds. The zero-order chi connectivity index (χ0) is 10.8. The molecule has 2 aromatic heterocycles.